The van der Waals surface area contributed by atoms with Gasteiger partial charge in [-0.3, -0.25) is 4.79 Å². The van der Waals surface area contributed by atoms with Gasteiger partial charge in [-0.05, 0) is 11.6 Å². The maximum Gasteiger partial charge on any atom is 0.221 e. The number of carbonyl (C=O) groups is 1. The van der Waals surface area contributed by atoms with Crippen molar-refractivity contribution >= 4 is 23.7 Å². The van der Waals surface area contributed by atoms with E-state index in [4.69, 9.17) is 14.2 Å². The van der Waals surface area contributed by atoms with Crippen LogP contribution in [-0.4, -0.2) is 27.2 Å². The number of rotatable bonds is 6. The van der Waals surface area contributed by atoms with Crippen LogP contribution in [0.2, 0.25) is 0 Å². The number of hydrogen-bond donors (Lipinski definition) is 1. The minimum absolute atomic E-state index is 0.199. The first-order chi connectivity index (χ1) is 11.6. The Bertz CT molecular complexity index is 739. The van der Waals surface area contributed by atoms with Crippen molar-refractivity contribution in [2.75, 3.05) is 26.6 Å². The van der Waals surface area contributed by atoms with Gasteiger partial charge in [-0.1, -0.05) is 42.5 Å². The Kier molecular flexibility index (Phi) is 5.84. The molecule has 0 aliphatic carbocycles. The van der Waals surface area contributed by atoms with E-state index in [-0.39, 0.29) is 5.91 Å². The van der Waals surface area contributed by atoms with Crippen LogP contribution < -0.4 is 19.5 Å². The number of methoxy groups -OCH3 is 3. The van der Waals surface area contributed by atoms with E-state index < -0.39 is 0 Å². The maximum absolute atomic E-state index is 11.6. The molecule has 0 atom stereocenters. The second-order valence-electron chi connectivity index (χ2n) is 5.03. The van der Waals surface area contributed by atoms with Crippen molar-refractivity contribution in [3.05, 3.63) is 47.5 Å². The lowest BCUT2D eigenvalue weighted by molar-refractivity contribution is -0.114. The second kappa shape index (κ2) is 8.06. The monoisotopic (exact) mass is 327 g/mol. The molecule has 1 amide bonds. The number of ether oxygens (including phenoxy) is 3. The van der Waals surface area contributed by atoms with Gasteiger partial charge in [-0.25, -0.2) is 0 Å². The van der Waals surface area contributed by atoms with Crippen LogP contribution in [-0.2, 0) is 4.79 Å². The number of nitrogens with one attached hydrogen (secondary N) is 1. The van der Waals surface area contributed by atoms with Gasteiger partial charge in [0.1, 0.15) is 0 Å². The number of hydrogen-bond acceptors (Lipinski definition) is 4. The lowest BCUT2D eigenvalue weighted by Crippen LogP contribution is -2.10. The first-order valence-corrected chi connectivity index (χ1v) is 7.44. The Morgan fingerprint density at radius 2 is 1.62 bits per heavy atom. The van der Waals surface area contributed by atoms with Crippen LogP contribution in [0.1, 0.15) is 18.1 Å². The predicted octanol–water partition coefficient (Wildman–Crippen LogP) is 3.84. The minimum atomic E-state index is -0.199. The van der Waals surface area contributed by atoms with Gasteiger partial charge in [0, 0.05) is 12.5 Å². The van der Waals surface area contributed by atoms with Gasteiger partial charge in [-0.15, -0.1) is 0 Å². The summed E-state index contributed by atoms with van der Waals surface area (Å²) in [5.41, 5.74) is 2.33. The summed E-state index contributed by atoms with van der Waals surface area (Å²) in [6.07, 6.45) is 3.84. The van der Waals surface area contributed by atoms with Crippen LogP contribution in [0.4, 0.5) is 5.69 Å². The van der Waals surface area contributed by atoms with Crippen LogP contribution in [0.15, 0.2) is 36.4 Å². The summed E-state index contributed by atoms with van der Waals surface area (Å²) < 4.78 is 16.2. The highest BCUT2D eigenvalue weighted by Crippen LogP contribution is 2.45. The number of benzene rings is 2. The van der Waals surface area contributed by atoms with E-state index in [0.29, 0.717) is 22.9 Å². The Morgan fingerprint density at radius 1 is 0.958 bits per heavy atom. The van der Waals surface area contributed by atoms with Crippen molar-refractivity contribution in [3.63, 3.8) is 0 Å². The highest BCUT2D eigenvalue weighted by atomic mass is 16.5. The molecule has 0 saturated carbocycles. The Balaban J connectivity index is 2.59. The summed E-state index contributed by atoms with van der Waals surface area (Å²) in [6, 6.07) is 11.7. The summed E-state index contributed by atoms with van der Waals surface area (Å²) in [6.45, 7) is 1.45. The molecule has 0 bridgehead atoms. The van der Waals surface area contributed by atoms with Crippen molar-refractivity contribution in [1.29, 1.82) is 0 Å². The number of anilines is 1. The van der Waals surface area contributed by atoms with Gasteiger partial charge in [0.2, 0.25) is 11.7 Å². The van der Waals surface area contributed by atoms with Gasteiger partial charge in [-0.2, -0.15) is 0 Å². The average Bonchev–Trinajstić information content (AvgIpc) is 2.60. The van der Waals surface area contributed by atoms with Crippen LogP contribution in [0.5, 0.6) is 17.2 Å². The lowest BCUT2D eigenvalue weighted by atomic mass is 10.1. The first kappa shape index (κ1) is 17.4. The molecule has 1 N–H and O–H groups in total. The third-order valence-electron chi connectivity index (χ3n) is 3.42. The Morgan fingerprint density at radius 3 is 2.17 bits per heavy atom. The van der Waals surface area contributed by atoms with Crippen molar-refractivity contribution in [3.8, 4) is 17.2 Å². The third-order valence-corrected chi connectivity index (χ3v) is 3.42. The van der Waals surface area contributed by atoms with Gasteiger partial charge in [0.15, 0.2) is 11.5 Å². The standard InChI is InChI=1S/C19H21NO4/c1-13(21)20-17-15(11-10-14-8-6-5-7-9-14)12-16(22-2)18(23-3)19(17)24-4/h5-12H,1-4H3,(H,20,21). The van der Waals surface area contributed by atoms with Crippen LogP contribution in [0, 0.1) is 0 Å². The van der Waals surface area contributed by atoms with Gasteiger partial charge in [0.05, 0.1) is 27.0 Å². The molecule has 0 aliphatic rings. The number of amides is 1. The summed E-state index contributed by atoms with van der Waals surface area (Å²) in [4.78, 5) is 11.6. The molecule has 2 aromatic carbocycles. The quantitative estimate of drug-likeness (QED) is 0.819. The zero-order valence-electron chi connectivity index (χ0n) is 14.3. The van der Waals surface area contributed by atoms with Gasteiger partial charge in [0.25, 0.3) is 0 Å². The first-order valence-electron chi connectivity index (χ1n) is 7.44. The molecule has 0 aromatic heterocycles. The molecule has 24 heavy (non-hydrogen) atoms. The minimum Gasteiger partial charge on any atom is -0.493 e. The van der Waals surface area contributed by atoms with E-state index in [9.17, 15) is 4.79 Å². The van der Waals surface area contributed by atoms with E-state index >= 15 is 0 Å². The summed E-state index contributed by atoms with van der Waals surface area (Å²) in [5.74, 6) is 1.17. The van der Waals surface area contributed by atoms with Crippen molar-refractivity contribution < 1.29 is 19.0 Å². The van der Waals surface area contributed by atoms with E-state index in [2.05, 4.69) is 5.32 Å². The molecular formula is C19H21NO4. The zero-order chi connectivity index (χ0) is 17.5. The largest absolute Gasteiger partial charge is 0.493 e. The molecule has 0 unspecified atom stereocenters. The summed E-state index contributed by atoms with van der Waals surface area (Å²) in [7, 11) is 4.60. The van der Waals surface area contributed by atoms with Crippen LogP contribution >= 0.6 is 0 Å². The smallest absolute Gasteiger partial charge is 0.221 e. The van der Waals surface area contributed by atoms with Crippen LogP contribution in [0.3, 0.4) is 0 Å². The molecule has 5 heteroatoms. The molecule has 2 rings (SSSR count). The topological polar surface area (TPSA) is 56.8 Å². The van der Waals surface area contributed by atoms with E-state index in [1.165, 1.54) is 21.1 Å². The predicted molar refractivity (Wildman–Crippen MR) is 95.8 cm³/mol. The highest BCUT2D eigenvalue weighted by molar-refractivity contribution is 5.96. The summed E-state index contributed by atoms with van der Waals surface area (Å²) in [5, 5.41) is 2.80. The van der Waals surface area contributed by atoms with Crippen molar-refractivity contribution in [1.82, 2.24) is 0 Å². The molecule has 0 fully saturated rings. The molecule has 0 heterocycles. The van der Waals surface area contributed by atoms with E-state index in [1.54, 1.807) is 13.2 Å². The lowest BCUT2D eigenvalue weighted by Gasteiger charge is -2.18. The maximum atomic E-state index is 11.6. The van der Waals surface area contributed by atoms with Gasteiger partial charge < -0.3 is 19.5 Å². The summed E-state index contributed by atoms with van der Waals surface area (Å²) >= 11 is 0. The Hall–Kier alpha value is -2.95. The number of carbonyl (C=O) groups excluding carboxylic acids is 1. The van der Waals surface area contributed by atoms with E-state index in [1.807, 2.05) is 42.5 Å². The molecule has 2 aromatic rings. The second-order valence-corrected chi connectivity index (χ2v) is 5.03. The third kappa shape index (κ3) is 3.87. The fraction of sp³-hybridized carbons (Fsp3) is 0.211. The molecule has 0 saturated heterocycles. The molecule has 0 aliphatic heterocycles. The van der Waals surface area contributed by atoms with Crippen LogP contribution in [0.25, 0.3) is 12.2 Å². The zero-order valence-corrected chi connectivity index (χ0v) is 14.3. The normalized spacial score (nSPS) is 10.5. The molecule has 0 radical (unpaired) electrons. The fourth-order valence-electron chi connectivity index (χ4n) is 2.36. The molecular weight excluding hydrogens is 306 g/mol. The molecule has 0 spiro atoms. The molecule has 5 nitrogen and oxygen atoms in total. The fourth-order valence-corrected chi connectivity index (χ4v) is 2.36. The SMILES string of the molecule is COc1cc(C=Cc2ccccc2)c(NC(C)=O)c(OC)c1OC. The average molecular weight is 327 g/mol. The van der Waals surface area contributed by atoms with Crippen molar-refractivity contribution in [2.24, 2.45) is 0 Å². The highest BCUT2D eigenvalue weighted by Gasteiger charge is 2.20. The molecule has 126 valence electrons. The van der Waals surface area contributed by atoms with E-state index in [0.717, 1.165) is 11.1 Å². The van der Waals surface area contributed by atoms with Gasteiger partial charge >= 0.3 is 0 Å². The Labute approximate surface area is 141 Å². The van der Waals surface area contributed by atoms with Crippen molar-refractivity contribution in [2.45, 2.75) is 6.92 Å².